The highest BCUT2D eigenvalue weighted by Gasteiger charge is 2.06. The van der Waals surface area contributed by atoms with Gasteiger partial charge >= 0.3 is 0 Å². The number of carbonyl (C=O) groups is 3. The number of nitrogens with one attached hydrogen (secondary N) is 2. The van der Waals surface area contributed by atoms with E-state index in [9.17, 15) is 14.4 Å². The first-order chi connectivity index (χ1) is 11.4. The van der Waals surface area contributed by atoms with E-state index in [-0.39, 0.29) is 17.7 Å². The fourth-order valence-electron chi connectivity index (χ4n) is 1.95. The molecule has 0 atom stereocenters. The van der Waals surface area contributed by atoms with E-state index in [1.165, 1.54) is 17.9 Å². The van der Waals surface area contributed by atoms with Gasteiger partial charge in [-0.05, 0) is 36.6 Å². The summed E-state index contributed by atoms with van der Waals surface area (Å²) in [5, 5.41) is 5.49. The largest absolute Gasteiger partial charge is 0.356 e. The molecular formula is C18H25N3O3. The van der Waals surface area contributed by atoms with Crippen molar-refractivity contribution in [2.45, 2.75) is 19.8 Å². The lowest BCUT2D eigenvalue weighted by Gasteiger charge is -2.09. The van der Waals surface area contributed by atoms with Gasteiger partial charge in [-0.15, -0.1) is 0 Å². The average Bonchev–Trinajstić information content (AvgIpc) is 2.55. The van der Waals surface area contributed by atoms with Gasteiger partial charge < -0.3 is 15.5 Å². The van der Waals surface area contributed by atoms with Crippen LogP contribution in [0, 0.1) is 0 Å². The fourth-order valence-corrected chi connectivity index (χ4v) is 1.95. The Bertz CT molecular complexity index is 592. The standard InChI is InChI=1S/C18H25N3O3/c1-14(22)19-12-4-5-13-20-17(23)11-8-15-6-9-16(10-7-15)18(24)21(2)3/h6-11H,4-5,12-13H2,1-3H3,(H,19,22)(H,20,23)/b11-8+. The number of amides is 3. The topological polar surface area (TPSA) is 78.5 Å². The molecule has 1 aromatic carbocycles. The van der Waals surface area contributed by atoms with Gasteiger partial charge in [0.1, 0.15) is 0 Å². The SMILES string of the molecule is CC(=O)NCCCCNC(=O)/C=C/c1ccc(C(=O)N(C)C)cc1. The highest BCUT2D eigenvalue weighted by molar-refractivity contribution is 5.94. The quantitative estimate of drug-likeness (QED) is 0.559. The number of hydrogen-bond donors (Lipinski definition) is 2. The molecule has 0 aromatic heterocycles. The lowest BCUT2D eigenvalue weighted by molar-refractivity contribution is -0.119. The Kier molecular flexibility index (Phi) is 8.25. The molecular weight excluding hydrogens is 306 g/mol. The van der Waals surface area contributed by atoms with E-state index in [2.05, 4.69) is 10.6 Å². The third-order valence-corrected chi connectivity index (χ3v) is 3.27. The van der Waals surface area contributed by atoms with Crippen LogP contribution in [0.2, 0.25) is 0 Å². The monoisotopic (exact) mass is 331 g/mol. The van der Waals surface area contributed by atoms with Crippen LogP contribution in [-0.2, 0) is 9.59 Å². The van der Waals surface area contributed by atoms with Crippen LogP contribution in [0.25, 0.3) is 6.08 Å². The van der Waals surface area contributed by atoms with Gasteiger partial charge in [-0.1, -0.05) is 12.1 Å². The lowest BCUT2D eigenvalue weighted by atomic mass is 10.1. The first kappa shape index (κ1) is 19.4. The Hall–Kier alpha value is -2.63. The Morgan fingerprint density at radius 1 is 1.00 bits per heavy atom. The van der Waals surface area contributed by atoms with Crippen LogP contribution in [0.5, 0.6) is 0 Å². The van der Waals surface area contributed by atoms with Crippen molar-refractivity contribution in [3.05, 3.63) is 41.5 Å². The maximum atomic E-state index is 11.8. The van der Waals surface area contributed by atoms with Crippen LogP contribution in [0.4, 0.5) is 0 Å². The minimum absolute atomic E-state index is 0.0414. The molecule has 3 amide bonds. The molecule has 0 radical (unpaired) electrons. The predicted octanol–water partition coefficient (Wildman–Crippen LogP) is 1.43. The zero-order valence-electron chi connectivity index (χ0n) is 14.5. The first-order valence-corrected chi connectivity index (χ1v) is 7.92. The fraction of sp³-hybridized carbons (Fsp3) is 0.389. The third-order valence-electron chi connectivity index (χ3n) is 3.27. The number of carbonyl (C=O) groups excluding carboxylic acids is 3. The van der Waals surface area contributed by atoms with Crippen LogP contribution in [0.1, 0.15) is 35.7 Å². The van der Waals surface area contributed by atoms with Crippen LogP contribution in [0.3, 0.4) is 0 Å². The van der Waals surface area contributed by atoms with E-state index in [1.54, 1.807) is 44.4 Å². The number of unbranched alkanes of at least 4 members (excludes halogenated alkanes) is 1. The summed E-state index contributed by atoms with van der Waals surface area (Å²) in [6, 6.07) is 7.08. The molecule has 0 unspecified atom stereocenters. The summed E-state index contributed by atoms with van der Waals surface area (Å²) in [7, 11) is 3.41. The highest BCUT2D eigenvalue weighted by atomic mass is 16.2. The molecule has 0 aliphatic heterocycles. The van der Waals surface area contributed by atoms with Gasteiger partial charge in [-0.2, -0.15) is 0 Å². The van der Waals surface area contributed by atoms with Crippen molar-refractivity contribution in [1.29, 1.82) is 0 Å². The van der Waals surface area contributed by atoms with Gasteiger partial charge in [0, 0.05) is 45.7 Å². The van der Waals surface area contributed by atoms with Crippen molar-refractivity contribution in [2.24, 2.45) is 0 Å². The molecule has 0 aliphatic rings. The van der Waals surface area contributed by atoms with E-state index in [0.29, 0.717) is 18.7 Å². The Morgan fingerprint density at radius 3 is 2.12 bits per heavy atom. The molecule has 0 saturated carbocycles. The second-order valence-corrected chi connectivity index (χ2v) is 5.64. The second kappa shape index (κ2) is 10.2. The molecule has 0 heterocycles. The third kappa shape index (κ3) is 7.58. The minimum Gasteiger partial charge on any atom is -0.356 e. The zero-order chi connectivity index (χ0) is 17.9. The Morgan fingerprint density at radius 2 is 1.58 bits per heavy atom. The molecule has 0 bridgehead atoms. The van der Waals surface area contributed by atoms with Crippen LogP contribution in [-0.4, -0.2) is 49.8 Å². The summed E-state index contributed by atoms with van der Waals surface area (Å²) in [4.78, 5) is 35.7. The van der Waals surface area contributed by atoms with Crippen molar-refractivity contribution in [3.63, 3.8) is 0 Å². The van der Waals surface area contributed by atoms with Crippen LogP contribution < -0.4 is 10.6 Å². The molecule has 0 saturated heterocycles. The maximum Gasteiger partial charge on any atom is 0.253 e. The molecule has 0 fully saturated rings. The molecule has 6 heteroatoms. The lowest BCUT2D eigenvalue weighted by Crippen LogP contribution is -2.24. The van der Waals surface area contributed by atoms with Gasteiger partial charge in [0.2, 0.25) is 11.8 Å². The molecule has 0 aliphatic carbocycles. The summed E-state index contributed by atoms with van der Waals surface area (Å²) >= 11 is 0. The van der Waals surface area contributed by atoms with Crippen LogP contribution in [0.15, 0.2) is 30.3 Å². The number of nitrogens with zero attached hydrogens (tertiary/aromatic N) is 1. The molecule has 130 valence electrons. The minimum atomic E-state index is -0.164. The van der Waals surface area contributed by atoms with Crippen LogP contribution >= 0.6 is 0 Å². The maximum absolute atomic E-state index is 11.8. The van der Waals surface area contributed by atoms with Gasteiger partial charge in [-0.3, -0.25) is 14.4 Å². The Balaban J connectivity index is 2.33. The summed E-state index contributed by atoms with van der Waals surface area (Å²) in [5.74, 6) is -0.259. The summed E-state index contributed by atoms with van der Waals surface area (Å²) in [6.45, 7) is 2.67. The molecule has 2 N–H and O–H groups in total. The number of benzene rings is 1. The number of rotatable bonds is 8. The molecule has 0 spiro atoms. The van der Waals surface area contributed by atoms with E-state index >= 15 is 0 Å². The first-order valence-electron chi connectivity index (χ1n) is 7.92. The molecule has 6 nitrogen and oxygen atoms in total. The van der Waals surface area contributed by atoms with E-state index in [0.717, 1.165) is 18.4 Å². The summed E-state index contributed by atoms with van der Waals surface area (Å²) in [5.41, 5.74) is 1.46. The second-order valence-electron chi connectivity index (χ2n) is 5.64. The summed E-state index contributed by atoms with van der Waals surface area (Å²) in [6.07, 6.45) is 4.80. The molecule has 1 rings (SSSR count). The molecule has 1 aromatic rings. The smallest absolute Gasteiger partial charge is 0.253 e. The molecule has 24 heavy (non-hydrogen) atoms. The van der Waals surface area contributed by atoms with Crippen molar-refractivity contribution < 1.29 is 14.4 Å². The zero-order valence-corrected chi connectivity index (χ0v) is 14.5. The summed E-state index contributed by atoms with van der Waals surface area (Å²) < 4.78 is 0. The van der Waals surface area contributed by atoms with E-state index in [1.807, 2.05) is 0 Å². The number of hydrogen-bond acceptors (Lipinski definition) is 3. The van der Waals surface area contributed by atoms with Crippen molar-refractivity contribution in [1.82, 2.24) is 15.5 Å². The van der Waals surface area contributed by atoms with Gasteiger partial charge in [0.05, 0.1) is 0 Å². The van der Waals surface area contributed by atoms with E-state index < -0.39 is 0 Å². The van der Waals surface area contributed by atoms with Gasteiger partial charge in [0.25, 0.3) is 5.91 Å². The van der Waals surface area contributed by atoms with Gasteiger partial charge in [0.15, 0.2) is 0 Å². The van der Waals surface area contributed by atoms with Crippen molar-refractivity contribution in [3.8, 4) is 0 Å². The predicted molar refractivity (Wildman–Crippen MR) is 94.4 cm³/mol. The van der Waals surface area contributed by atoms with Crippen molar-refractivity contribution >= 4 is 23.8 Å². The highest BCUT2D eigenvalue weighted by Crippen LogP contribution is 2.07. The average molecular weight is 331 g/mol. The van der Waals surface area contributed by atoms with Gasteiger partial charge in [-0.25, -0.2) is 0 Å². The van der Waals surface area contributed by atoms with Crippen molar-refractivity contribution in [2.75, 3.05) is 27.2 Å². The normalized spacial score (nSPS) is 10.5. The Labute approximate surface area is 142 Å². The van der Waals surface area contributed by atoms with E-state index in [4.69, 9.17) is 0 Å².